The second-order valence-electron chi connectivity index (χ2n) is 4.84. The highest BCUT2D eigenvalue weighted by molar-refractivity contribution is 9.10. The molecule has 0 saturated heterocycles. The summed E-state index contributed by atoms with van der Waals surface area (Å²) in [5.41, 5.74) is 0. The summed E-state index contributed by atoms with van der Waals surface area (Å²) in [5, 5.41) is 0.478. The van der Waals surface area contributed by atoms with Crippen LogP contribution in [0.4, 0.5) is 5.82 Å². The van der Waals surface area contributed by atoms with Crippen LogP contribution in [0, 0.1) is 5.92 Å². The van der Waals surface area contributed by atoms with Gasteiger partial charge in [-0.05, 0) is 34.7 Å². The lowest BCUT2D eigenvalue weighted by Gasteiger charge is -2.35. The van der Waals surface area contributed by atoms with Crippen molar-refractivity contribution in [1.29, 1.82) is 0 Å². The molecule has 0 spiro atoms. The zero-order chi connectivity index (χ0) is 12.4. The predicted octanol–water partition coefficient (Wildman–Crippen LogP) is 3.91. The highest BCUT2D eigenvalue weighted by Crippen LogP contribution is 2.33. The number of hydrogen-bond donors (Lipinski definition) is 0. The standard InChI is InChI=1S/C12H17BrClN3/c1-8-4-3-5-9(6-8)17(2)12-10(13)11(14)15-7-16-12/h7-9H,3-6H2,1-2H3. The zero-order valence-electron chi connectivity index (χ0n) is 10.2. The van der Waals surface area contributed by atoms with Crippen LogP contribution in [0.25, 0.3) is 0 Å². The third-order valence-corrected chi connectivity index (χ3v) is 4.76. The third-order valence-electron chi connectivity index (χ3n) is 3.52. The van der Waals surface area contributed by atoms with Gasteiger partial charge in [0.15, 0.2) is 0 Å². The van der Waals surface area contributed by atoms with Gasteiger partial charge in [-0.15, -0.1) is 0 Å². The van der Waals surface area contributed by atoms with Crippen LogP contribution in [0.3, 0.4) is 0 Å². The molecule has 0 amide bonds. The number of anilines is 1. The molecule has 1 fully saturated rings. The molecule has 1 saturated carbocycles. The van der Waals surface area contributed by atoms with Crippen molar-refractivity contribution >= 4 is 33.3 Å². The van der Waals surface area contributed by atoms with Gasteiger partial charge < -0.3 is 4.90 Å². The molecule has 0 bridgehead atoms. The van der Waals surface area contributed by atoms with Crippen molar-refractivity contribution in [2.45, 2.75) is 38.6 Å². The number of aromatic nitrogens is 2. The van der Waals surface area contributed by atoms with Crippen molar-refractivity contribution in [1.82, 2.24) is 9.97 Å². The van der Waals surface area contributed by atoms with Crippen LogP contribution in [0.5, 0.6) is 0 Å². The molecule has 0 aliphatic heterocycles. The topological polar surface area (TPSA) is 29.0 Å². The van der Waals surface area contributed by atoms with E-state index in [1.165, 1.54) is 32.0 Å². The summed E-state index contributed by atoms with van der Waals surface area (Å²) in [6, 6.07) is 0.556. The van der Waals surface area contributed by atoms with E-state index in [9.17, 15) is 0 Å². The first-order valence-corrected chi connectivity index (χ1v) is 7.15. The minimum atomic E-state index is 0.478. The Morgan fingerprint density at radius 3 is 2.88 bits per heavy atom. The molecule has 2 atom stereocenters. The van der Waals surface area contributed by atoms with E-state index in [0.29, 0.717) is 11.2 Å². The quantitative estimate of drug-likeness (QED) is 0.774. The molecule has 1 aliphatic carbocycles. The van der Waals surface area contributed by atoms with Gasteiger partial charge in [0.25, 0.3) is 0 Å². The summed E-state index contributed by atoms with van der Waals surface area (Å²) in [6.07, 6.45) is 6.62. The highest BCUT2D eigenvalue weighted by Gasteiger charge is 2.24. The lowest BCUT2D eigenvalue weighted by molar-refractivity contribution is 0.335. The number of halogens is 2. The van der Waals surface area contributed by atoms with Gasteiger partial charge in [-0.2, -0.15) is 0 Å². The molecule has 0 aromatic carbocycles. The molecule has 2 unspecified atom stereocenters. The zero-order valence-corrected chi connectivity index (χ0v) is 12.5. The molecule has 1 heterocycles. The molecule has 5 heteroatoms. The fourth-order valence-corrected chi connectivity index (χ4v) is 3.13. The minimum absolute atomic E-state index is 0.478. The number of hydrogen-bond acceptors (Lipinski definition) is 3. The molecule has 17 heavy (non-hydrogen) atoms. The molecule has 1 aromatic rings. The fourth-order valence-electron chi connectivity index (χ4n) is 2.51. The minimum Gasteiger partial charge on any atom is -0.356 e. The first-order valence-electron chi connectivity index (χ1n) is 5.98. The molecule has 0 N–H and O–H groups in total. The van der Waals surface area contributed by atoms with Crippen LogP contribution < -0.4 is 4.90 Å². The van der Waals surface area contributed by atoms with Crippen LogP contribution in [-0.4, -0.2) is 23.1 Å². The van der Waals surface area contributed by atoms with Gasteiger partial charge in [-0.25, -0.2) is 9.97 Å². The van der Waals surface area contributed by atoms with Gasteiger partial charge in [0, 0.05) is 13.1 Å². The Morgan fingerprint density at radius 1 is 1.41 bits per heavy atom. The Bertz CT molecular complexity index is 399. The summed E-state index contributed by atoms with van der Waals surface area (Å²) in [6.45, 7) is 2.32. The average molecular weight is 319 g/mol. The summed E-state index contributed by atoms with van der Waals surface area (Å²) < 4.78 is 0.794. The third kappa shape index (κ3) is 2.91. The second-order valence-corrected chi connectivity index (χ2v) is 5.99. The summed E-state index contributed by atoms with van der Waals surface area (Å²) >= 11 is 9.46. The lowest BCUT2D eigenvalue weighted by Crippen LogP contribution is -2.36. The Kier molecular flexibility index (Phi) is 4.26. The van der Waals surface area contributed by atoms with E-state index >= 15 is 0 Å². The fraction of sp³-hybridized carbons (Fsp3) is 0.667. The largest absolute Gasteiger partial charge is 0.356 e. The average Bonchev–Trinajstić information content (AvgIpc) is 2.32. The molecule has 0 radical (unpaired) electrons. The van der Waals surface area contributed by atoms with Crippen LogP contribution in [0.15, 0.2) is 10.8 Å². The van der Waals surface area contributed by atoms with Crippen molar-refractivity contribution < 1.29 is 0 Å². The van der Waals surface area contributed by atoms with E-state index in [1.807, 2.05) is 0 Å². The normalized spacial score (nSPS) is 24.7. The van der Waals surface area contributed by atoms with Gasteiger partial charge in [-0.3, -0.25) is 0 Å². The molecule has 3 nitrogen and oxygen atoms in total. The number of nitrogens with zero attached hydrogens (tertiary/aromatic N) is 3. The van der Waals surface area contributed by atoms with Crippen molar-refractivity contribution in [2.24, 2.45) is 5.92 Å². The molecule has 94 valence electrons. The van der Waals surface area contributed by atoms with Crippen molar-refractivity contribution in [3.05, 3.63) is 16.0 Å². The Labute approximate surface area is 116 Å². The maximum absolute atomic E-state index is 6.00. The van der Waals surface area contributed by atoms with E-state index in [1.54, 1.807) is 0 Å². The first-order chi connectivity index (χ1) is 8.09. The predicted molar refractivity (Wildman–Crippen MR) is 74.6 cm³/mol. The Balaban J connectivity index is 2.18. The van der Waals surface area contributed by atoms with Gasteiger partial charge >= 0.3 is 0 Å². The first kappa shape index (κ1) is 13.1. The van der Waals surface area contributed by atoms with Crippen molar-refractivity contribution in [3.63, 3.8) is 0 Å². The molecular formula is C12H17BrClN3. The summed E-state index contributed by atoms with van der Waals surface area (Å²) in [4.78, 5) is 10.5. The van der Waals surface area contributed by atoms with E-state index in [2.05, 4.69) is 44.8 Å². The number of rotatable bonds is 2. The van der Waals surface area contributed by atoms with Crippen LogP contribution in [-0.2, 0) is 0 Å². The second kappa shape index (κ2) is 5.53. The van der Waals surface area contributed by atoms with Gasteiger partial charge in [0.2, 0.25) is 0 Å². The van der Waals surface area contributed by atoms with Crippen LogP contribution >= 0.6 is 27.5 Å². The Hall–Kier alpha value is -0.350. The SMILES string of the molecule is CC1CCCC(N(C)c2ncnc(Cl)c2Br)C1. The lowest BCUT2D eigenvalue weighted by atomic mass is 9.86. The van der Waals surface area contributed by atoms with E-state index < -0.39 is 0 Å². The smallest absolute Gasteiger partial charge is 0.148 e. The van der Waals surface area contributed by atoms with Crippen molar-refractivity contribution in [3.8, 4) is 0 Å². The summed E-state index contributed by atoms with van der Waals surface area (Å²) in [7, 11) is 2.09. The maximum Gasteiger partial charge on any atom is 0.148 e. The van der Waals surface area contributed by atoms with E-state index in [-0.39, 0.29) is 0 Å². The highest BCUT2D eigenvalue weighted by atomic mass is 79.9. The monoisotopic (exact) mass is 317 g/mol. The van der Waals surface area contributed by atoms with Crippen LogP contribution in [0.2, 0.25) is 5.15 Å². The summed E-state index contributed by atoms with van der Waals surface area (Å²) in [5.74, 6) is 1.69. The van der Waals surface area contributed by atoms with E-state index in [0.717, 1.165) is 16.2 Å². The van der Waals surface area contributed by atoms with Crippen molar-refractivity contribution in [2.75, 3.05) is 11.9 Å². The van der Waals surface area contributed by atoms with Crippen LogP contribution in [0.1, 0.15) is 32.6 Å². The molecule has 1 aromatic heterocycles. The molecule has 1 aliphatic rings. The van der Waals surface area contributed by atoms with Gasteiger partial charge in [-0.1, -0.05) is 31.4 Å². The molecule has 2 rings (SSSR count). The van der Waals surface area contributed by atoms with E-state index in [4.69, 9.17) is 11.6 Å². The maximum atomic E-state index is 6.00. The van der Waals surface area contributed by atoms with Gasteiger partial charge in [0.1, 0.15) is 17.3 Å². The Morgan fingerprint density at radius 2 is 2.18 bits per heavy atom. The van der Waals surface area contributed by atoms with Gasteiger partial charge in [0.05, 0.1) is 4.47 Å². The molecular weight excluding hydrogens is 302 g/mol.